The normalized spacial score (nSPS) is 11.8. The first-order valence-electron chi connectivity index (χ1n) is 8.18. The van der Waals surface area contributed by atoms with Gasteiger partial charge in [0.1, 0.15) is 12.4 Å². The van der Waals surface area contributed by atoms with Crippen LogP contribution in [0.5, 0.6) is 5.75 Å². The molecule has 0 bridgehead atoms. The summed E-state index contributed by atoms with van der Waals surface area (Å²) < 4.78 is 14.1. The summed E-state index contributed by atoms with van der Waals surface area (Å²) in [5, 5.41) is 9.40. The molecule has 0 heterocycles. The number of halogens is 3. The van der Waals surface area contributed by atoms with E-state index in [2.05, 4.69) is 67.8 Å². The van der Waals surface area contributed by atoms with E-state index in [4.69, 9.17) is 9.47 Å². The predicted octanol–water partition coefficient (Wildman–Crippen LogP) is 4.70. The van der Waals surface area contributed by atoms with Crippen LogP contribution < -0.4 is 9.64 Å². The number of ether oxygens (including phenoxy) is 2. The van der Waals surface area contributed by atoms with Gasteiger partial charge in [0.25, 0.3) is 0 Å². The molecule has 0 aliphatic rings. The van der Waals surface area contributed by atoms with Crippen molar-refractivity contribution in [3.8, 4) is 5.75 Å². The van der Waals surface area contributed by atoms with Crippen molar-refractivity contribution in [3.05, 3.63) is 52.7 Å². The molecule has 0 fully saturated rings. The second kappa shape index (κ2) is 10.9. The Kier molecular flexibility index (Phi) is 9.21. The summed E-state index contributed by atoms with van der Waals surface area (Å²) in [5.41, 5.74) is 1.37. The molecule has 1 unspecified atom stereocenters. The molecule has 0 radical (unpaired) electrons. The smallest absolute Gasteiger partial charge is 0.337 e. The molecule has 1 atom stereocenters. The van der Waals surface area contributed by atoms with Gasteiger partial charge in [-0.1, -0.05) is 30.3 Å². The number of anilines is 1. The third-order valence-electron chi connectivity index (χ3n) is 3.85. The molecule has 0 saturated heterocycles. The molecule has 150 valence electrons. The third kappa shape index (κ3) is 5.92. The van der Waals surface area contributed by atoms with E-state index in [0.717, 1.165) is 16.4 Å². The van der Waals surface area contributed by atoms with E-state index in [9.17, 15) is 14.7 Å². The Balaban J connectivity index is 2.09. The van der Waals surface area contributed by atoms with Gasteiger partial charge in [0.05, 0.1) is 19.4 Å². The fraction of sp³-hybridized carbons (Fsp3) is 0.263. The zero-order valence-electron chi connectivity index (χ0n) is 15.1. The Bertz CT molecular complexity index is 860. The molecule has 0 aromatic heterocycles. The molecule has 2 rings (SSSR count). The molecular weight excluding hydrogens is 703 g/mol. The lowest BCUT2D eigenvalue weighted by Gasteiger charge is -2.22. The predicted molar refractivity (Wildman–Crippen MR) is 132 cm³/mol. The van der Waals surface area contributed by atoms with Crippen molar-refractivity contribution in [1.82, 2.24) is 0 Å². The lowest BCUT2D eigenvalue weighted by atomic mass is 10.1. The number of hydrogen-bond acceptors (Lipinski definition) is 4. The third-order valence-corrected chi connectivity index (χ3v) is 6.48. The molecular formula is C19H18I3NO5. The van der Waals surface area contributed by atoms with Crippen LogP contribution in [0, 0.1) is 10.7 Å². The standard InChI is InChI=1S/C19H18I3NO5/c1-11(24)23(2)16-13(20)10-14(21)18(15(16)22)28-9-8-27-17(19(25)26)12-6-4-3-5-7-12/h3-7,10,17H,8-9H2,1-2H3,(H,25,26). The molecule has 2 aromatic rings. The highest BCUT2D eigenvalue weighted by atomic mass is 127. The van der Waals surface area contributed by atoms with Crippen molar-refractivity contribution >= 4 is 85.3 Å². The Labute approximate surface area is 204 Å². The van der Waals surface area contributed by atoms with Gasteiger partial charge in [-0.3, -0.25) is 4.79 Å². The van der Waals surface area contributed by atoms with Gasteiger partial charge in [0.15, 0.2) is 6.10 Å². The summed E-state index contributed by atoms with van der Waals surface area (Å²) >= 11 is 6.54. The van der Waals surface area contributed by atoms with Crippen molar-refractivity contribution in [1.29, 1.82) is 0 Å². The zero-order chi connectivity index (χ0) is 20.8. The molecule has 0 saturated carbocycles. The van der Waals surface area contributed by atoms with Crippen LogP contribution in [-0.2, 0) is 14.3 Å². The minimum Gasteiger partial charge on any atom is -0.489 e. The van der Waals surface area contributed by atoms with E-state index in [1.54, 1.807) is 36.2 Å². The number of rotatable bonds is 8. The van der Waals surface area contributed by atoms with Crippen molar-refractivity contribution in [2.45, 2.75) is 13.0 Å². The molecule has 0 aliphatic carbocycles. The maximum absolute atomic E-state index is 11.8. The quantitative estimate of drug-likeness (QED) is 0.316. The van der Waals surface area contributed by atoms with Crippen LogP contribution in [0.25, 0.3) is 0 Å². The van der Waals surface area contributed by atoms with Gasteiger partial charge in [-0.25, -0.2) is 4.79 Å². The summed E-state index contributed by atoms with van der Waals surface area (Å²) in [6.45, 7) is 1.81. The van der Waals surface area contributed by atoms with E-state index in [-0.39, 0.29) is 19.1 Å². The lowest BCUT2D eigenvalue weighted by molar-refractivity contribution is -0.151. The van der Waals surface area contributed by atoms with Crippen LogP contribution in [0.1, 0.15) is 18.6 Å². The molecule has 1 amide bonds. The second-order valence-electron chi connectivity index (χ2n) is 5.76. The number of carboxylic acid groups (broad SMARTS) is 1. The molecule has 9 heteroatoms. The number of amides is 1. The average molecular weight is 721 g/mol. The SMILES string of the molecule is CC(=O)N(C)c1c(I)cc(I)c(OCCOC(C(=O)O)c2ccccc2)c1I. The molecule has 6 nitrogen and oxygen atoms in total. The van der Waals surface area contributed by atoms with Crippen LogP contribution in [0.15, 0.2) is 36.4 Å². The van der Waals surface area contributed by atoms with Gasteiger partial charge in [0.2, 0.25) is 5.91 Å². The maximum atomic E-state index is 11.8. The monoisotopic (exact) mass is 721 g/mol. The Morgan fingerprint density at radius 3 is 2.32 bits per heavy atom. The molecule has 28 heavy (non-hydrogen) atoms. The summed E-state index contributed by atoms with van der Waals surface area (Å²) in [7, 11) is 1.72. The van der Waals surface area contributed by atoms with Gasteiger partial charge in [-0.05, 0) is 79.4 Å². The Morgan fingerprint density at radius 2 is 1.75 bits per heavy atom. The average Bonchev–Trinajstić information content (AvgIpc) is 2.63. The Morgan fingerprint density at radius 1 is 1.11 bits per heavy atom. The van der Waals surface area contributed by atoms with Gasteiger partial charge in [-0.2, -0.15) is 0 Å². The molecule has 2 aromatic carbocycles. The fourth-order valence-corrected chi connectivity index (χ4v) is 6.81. The topological polar surface area (TPSA) is 76.1 Å². The van der Waals surface area contributed by atoms with Crippen molar-refractivity contribution in [3.63, 3.8) is 0 Å². The number of carbonyl (C=O) groups excluding carboxylic acids is 1. The van der Waals surface area contributed by atoms with E-state index in [0.29, 0.717) is 11.3 Å². The van der Waals surface area contributed by atoms with E-state index >= 15 is 0 Å². The lowest BCUT2D eigenvalue weighted by Crippen LogP contribution is -2.25. The number of benzene rings is 2. The minimum absolute atomic E-state index is 0.0708. The summed E-state index contributed by atoms with van der Waals surface area (Å²) in [4.78, 5) is 24.8. The van der Waals surface area contributed by atoms with Crippen LogP contribution in [-0.4, -0.2) is 37.2 Å². The summed E-state index contributed by atoms with van der Waals surface area (Å²) in [6.07, 6.45) is -1.04. The van der Waals surface area contributed by atoms with Crippen molar-refractivity contribution < 1.29 is 24.2 Å². The summed E-state index contributed by atoms with van der Waals surface area (Å²) in [6, 6.07) is 10.7. The second-order valence-corrected chi connectivity index (χ2v) is 9.16. The van der Waals surface area contributed by atoms with E-state index < -0.39 is 12.1 Å². The van der Waals surface area contributed by atoms with Crippen molar-refractivity contribution in [2.24, 2.45) is 0 Å². The molecule has 0 aliphatic heterocycles. The van der Waals surface area contributed by atoms with E-state index in [1.165, 1.54) is 6.92 Å². The number of carboxylic acids is 1. The highest BCUT2D eigenvalue weighted by Gasteiger charge is 2.22. The number of aliphatic carboxylic acids is 1. The largest absolute Gasteiger partial charge is 0.489 e. The van der Waals surface area contributed by atoms with Gasteiger partial charge in [0, 0.05) is 17.5 Å². The van der Waals surface area contributed by atoms with Crippen LogP contribution in [0.4, 0.5) is 5.69 Å². The van der Waals surface area contributed by atoms with Gasteiger partial charge < -0.3 is 19.5 Å². The number of carbonyl (C=O) groups is 2. The first-order valence-corrected chi connectivity index (χ1v) is 11.4. The highest BCUT2D eigenvalue weighted by Crippen LogP contribution is 2.38. The van der Waals surface area contributed by atoms with Gasteiger partial charge >= 0.3 is 5.97 Å². The van der Waals surface area contributed by atoms with Gasteiger partial charge in [-0.15, -0.1) is 0 Å². The first-order chi connectivity index (χ1) is 13.2. The Hall–Kier alpha value is -0.670. The van der Waals surface area contributed by atoms with Crippen LogP contribution >= 0.6 is 67.8 Å². The summed E-state index contributed by atoms with van der Waals surface area (Å²) in [5.74, 6) is -0.464. The van der Waals surface area contributed by atoms with Crippen LogP contribution in [0.3, 0.4) is 0 Å². The number of nitrogens with zero attached hydrogens (tertiary/aromatic N) is 1. The molecule has 1 N–H and O–H groups in total. The minimum atomic E-state index is -1.05. The van der Waals surface area contributed by atoms with E-state index in [1.807, 2.05) is 12.1 Å². The van der Waals surface area contributed by atoms with Crippen LogP contribution in [0.2, 0.25) is 0 Å². The first kappa shape index (κ1) is 23.6. The maximum Gasteiger partial charge on any atom is 0.337 e. The zero-order valence-corrected chi connectivity index (χ0v) is 21.6. The number of hydrogen-bond donors (Lipinski definition) is 1. The molecule has 0 spiro atoms. The fourth-order valence-electron chi connectivity index (χ4n) is 2.41. The van der Waals surface area contributed by atoms with Crippen molar-refractivity contribution in [2.75, 3.05) is 25.2 Å². The highest BCUT2D eigenvalue weighted by molar-refractivity contribution is 14.1.